The van der Waals surface area contributed by atoms with Crippen molar-refractivity contribution in [3.05, 3.63) is 89.2 Å². The van der Waals surface area contributed by atoms with E-state index < -0.39 is 6.04 Å². The van der Waals surface area contributed by atoms with E-state index in [-0.39, 0.29) is 18.4 Å². The Morgan fingerprint density at radius 2 is 1.93 bits per heavy atom. The molecule has 1 aliphatic heterocycles. The third kappa shape index (κ3) is 4.12. The average molecular weight is 387 g/mol. The first-order chi connectivity index (χ1) is 14.1. The van der Waals surface area contributed by atoms with Crippen molar-refractivity contribution >= 4 is 29.2 Å². The van der Waals surface area contributed by atoms with Crippen LogP contribution in [-0.4, -0.2) is 34.6 Å². The van der Waals surface area contributed by atoms with Crippen LogP contribution >= 0.6 is 0 Å². The number of carbonyl (C=O) groups is 2. The zero-order valence-corrected chi connectivity index (χ0v) is 15.7. The number of anilines is 1. The Hall–Kier alpha value is -3.64. The lowest BCUT2D eigenvalue weighted by molar-refractivity contribution is -0.110. The molecule has 4 rings (SSSR count). The number of aromatic amines is 1. The molecule has 1 aromatic heterocycles. The van der Waals surface area contributed by atoms with Gasteiger partial charge in [0, 0.05) is 28.7 Å². The van der Waals surface area contributed by atoms with Gasteiger partial charge in [0.2, 0.25) is 0 Å². The molecule has 1 atom stereocenters. The summed E-state index contributed by atoms with van der Waals surface area (Å²) in [6.07, 6.45) is 4.08. The number of H-pyrrole nitrogens is 1. The van der Waals surface area contributed by atoms with Gasteiger partial charge in [-0.2, -0.15) is 0 Å². The topological polar surface area (TPSA) is 94.2 Å². The van der Waals surface area contributed by atoms with Crippen molar-refractivity contribution in [3.63, 3.8) is 0 Å². The Morgan fingerprint density at radius 3 is 2.66 bits per heavy atom. The first kappa shape index (κ1) is 18.7. The normalized spacial score (nSPS) is 15.1. The van der Waals surface area contributed by atoms with Crippen molar-refractivity contribution in [1.29, 1.82) is 0 Å². The minimum absolute atomic E-state index is 0.163. The highest BCUT2D eigenvalue weighted by molar-refractivity contribution is 6.35. The lowest BCUT2D eigenvalue weighted by Gasteiger charge is -2.17. The molecule has 6 heteroatoms. The van der Waals surface area contributed by atoms with E-state index in [1.165, 1.54) is 0 Å². The highest BCUT2D eigenvalue weighted by Crippen LogP contribution is 2.33. The molecule has 0 bridgehead atoms. The highest BCUT2D eigenvalue weighted by Gasteiger charge is 2.25. The summed E-state index contributed by atoms with van der Waals surface area (Å²) in [6.45, 7) is -0.163. The van der Waals surface area contributed by atoms with Gasteiger partial charge in [-0.3, -0.25) is 9.59 Å². The number of nitrogens with one attached hydrogen (secondary N) is 3. The number of amides is 2. The number of benzene rings is 2. The van der Waals surface area contributed by atoms with Crippen molar-refractivity contribution in [2.45, 2.75) is 12.5 Å². The van der Waals surface area contributed by atoms with Gasteiger partial charge in [0.15, 0.2) is 0 Å². The Kier molecular flexibility index (Phi) is 5.27. The van der Waals surface area contributed by atoms with Crippen LogP contribution in [0.25, 0.3) is 11.6 Å². The predicted molar refractivity (Wildman–Crippen MR) is 112 cm³/mol. The molecular formula is C23H21N3O3. The maximum Gasteiger partial charge on any atom is 0.256 e. The largest absolute Gasteiger partial charge is 0.394 e. The van der Waals surface area contributed by atoms with E-state index in [1.807, 2.05) is 42.5 Å². The summed E-state index contributed by atoms with van der Waals surface area (Å²) < 4.78 is 0. The SMILES string of the molecule is O=C1Nc2ccc(C(=O)N[C@H](CO)Cc3ccccc3)cc2/C1=C/c1ccc[nH]1. The molecule has 6 nitrogen and oxygen atoms in total. The Balaban J connectivity index is 1.54. The minimum Gasteiger partial charge on any atom is -0.394 e. The van der Waals surface area contributed by atoms with E-state index in [4.69, 9.17) is 0 Å². The third-order valence-electron chi connectivity index (χ3n) is 4.87. The standard InChI is InChI=1S/C23H21N3O3/c27-14-18(11-15-5-2-1-3-6-15)25-22(28)16-8-9-21-19(12-16)20(23(29)26-21)13-17-7-4-10-24-17/h1-10,12-13,18,24,27H,11,14H2,(H,25,28)(H,26,29)/b20-13-/t18-/m0/s1. The molecule has 0 saturated carbocycles. The second-order valence-corrected chi connectivity index (χ2v) is 6.94. The Morgan fingerprint density at radius 1 is 1.10 bits per heavy atom. The predicted octanol–water partition coefficient (Wildman–Crippen LogP) is 2.84. The molecule has 2 amide bonds. The number of hydrogen-bond acceptors (Lipinski definition) is 3. The molecule has 1 aliphatic rings. The van der Waals surface area contributed by atoms with Crippen LogP contribution in [0.15, 0.2) is 66.9 Å². The number of carbonyl (C=O) groups excluding carboxylic acids is 2. The van der Waals surface area contributed by atoms with Gasteiger partial charge in [0.1, 0.15) is 0 Å². The summed E-state index contributed by atoms with van der Waals surface area (Å²) in [7, 11) is 0. The zero-order valence-electron chi connectivity index (χ0n) is 15.7. The van der Waals surface area contributed by atoms with Crippen LogP contribution in [0.3, 0.4) is 0 Å². The molecule has 0 unspecified atom stereocenters. The second-order valence-electron chi connectivity index (χ2n) is 6.94. The first-order valence-corrected chi connectivity index (χ1v) is 9.40. The van der Waals surface area contributed by atoms with E-state index in [0.717, 1.165) is 11.3 Å². The number of fused-ring (bicyclic) bond motifs is 1. The molecule has 0 spiro atoms. The van der Waals surface area contributed by atoms with Crippen LogP contribution in [0.2, 0.25) is 0 Å². The molecule has 4 N–H and O–H groups in total. The summed E-state index contributed by atoms with van der Waals surface area (Å²) in [6, 6.07) is 18.1. The molecule has 0 saturated heterocycles. The summed E-state index contributed by atoms with van der Waals surface area (Å²) in [5.74, 6) is -0.495. The summed E-state index contributed by atoms with van der Waals surface area (Å²) in [5.41, 5.74) is 4.13. The molecule has 146 valence electrons. The van der Waals surface area contributed by atoms with Crippen LogP contribution in [-0.2, 0) is 11.2 Å². The number of aliphatic hydroxyl groups excluding tert-OH is 1. The van der Waals surface area contributed by atoms with Crippen LogP contribution in [0.4, 0.5) is 5.69 Å². The van der Waals surface area contributed by atoms with E-state index >= 15 is 0 Å². The smallest absolute Gasteiger partial charge is 0.256 e. The second kappa shape index (κ2) is 8.16. The molecule has 0 fully saturated rings. The monoisotopic (exact) mass is 387 g/mol. The molecular weight excluding hydrogens is 366 g/mol. The zero-order chi connectivity index (χ0) is 20.2. The lowest BCUT2D eigenvalue weighted by atomic mass is 10.0. The maximum atomic E-state index is 12.8. The van der Waals surface area contributed by atoms with Gasteiger partial charge in [0.05, 0.1) is 18.2 Å². The molecule has 2 aromatic carbocycles. The molecule has 3 aromatic rings. The Labute approximate surface area is 168 Å². The molecule has 29 heavy (non-hydrogen) atoms. The van der Waals surface area contributed by atoms with Crippen molar-refractivity contribution in [2.24, 2.45) is 0 Å². The van der Waals surface area contributed by atoms with Gasteiger partial charge in [-0.05, 0) is 48.4 Å². The van der Waals surface area contributed by atoms with Gasteiger partial charge >= 0.3 is 0 Å². The fourth-order valence-electron chi connectivity index (χ4n) is 3.39. The molecule has 0 radical (unpaired) electrons. The summed E-state index contributed by atoms with van der Waals surface area (Å²) in [4.78, 5) is 28.1. The van der Waals surface area contributed by atoms with Gasteiger partial charge in [0.25, 0.3) is 11.8 Å². The lowest BCUT2D eigenvalue weighted by Crippen LogP contribution is -2.39. The van der Waals surface area contributed by atoms with E-state index in [0.29, 0.717) is 28.8 Å². The van der Waals surface area contributed by atoms with Crippen LogP contribution in [0.1, 0.15) is 27.2 Å². The minimum atomic E-state index is -0.396. The van der Waals surface area contributed by atoms with Gasteiger partial charge < -0.3 is 20.7 Å². The number of hydrogen-bond donors (Lipinski definition) is 4. The molecule has 0 aliphatic carbocycles. The van der Waals surface area contributed by atoms with Gasteiger partial charge in [-0.25, -0.2) is 0 Å². The summed E-state index contributed by atoms with van der Waals surface area (Å²) in [5, 5.41) is 15.4. The van der Waals surface area contributed by atoms with E-state index in [9.17, 15) is 14.7 Å². The number of aromatic nitrogens is 1. The molecule has 2 heterocycles. The van der Waals surface area contributed by atoms with Crippen molar-refractivity contribution in [1.82, 2.24) is 10.3 Å². The fourth-order valence-corrected chi connectivity index (χ4v) is 3.39. The number of rotatable bonds is 6. The van der Waals surface area contributed by atoms with Gasteiger partial charge in [-0.15, -0.1) is 0 Å². The van der Waals surface area contributed by atoms with Crippen molar-refractivity contribution in [2.75, 3.05) is 11.9 Å². The van der Waals surface area contributed by atoms with Gasteiger partial charge in [-0.1, -0.05) is 30.3 Å². The average Bonchev–Trinajstić information content (AvgIpc) is 3.36. The Bertz CT molecular complexity index is 1060. The highest BCUT2D eigenvalue weighted by atomic mass is 16.3. The fraction of sp³-hybridized carbons (Fsp3) is 0.130. The summed E-state index contributed by atoms with van der Waals surface area (Å²) >= 11 is 0. The van der Waals surface area contributed by atoms with Crippen LogP contribution in [0.5, 0.6) is 0 Å². The van der Waals surface area contributed by atoms with E-state index in [2.05, 4.69) is 15.6 Å². The quantitative estimate of drug-likeness (QED) is 0.490. The van der Waals surface area contributed by atoms with Crippen LogP contribution in [0, 0.1) is 0 Å². The van der Waals surface area contributed by atoms with E-state index in [1.54, 1.807) is 30.5 Å². The van der Waals surface area contributed by atoms with Crippen molar-refractivity contribution in [3.8, 4) is 0 Å². The van der Waals surface area contributed by atoms with Crippen molar-refractivity contribution < 1.29 is 14.7 Å². The maximum absolute atomic E-state index is 12.8. The van der Waals surface area contributed by atoms with Crippen LogP contribution < -0.4 is 10.6 Å². The number of aliphatic hydroxyl groups is 1. The first-order valence-electron chi connectivity index (χ1n) is 9.40. The third-order valence-corrected chi connectivity index (χ3v) is 4.87.